The van der Waals surface area contributed by atoms with Gasteiger partial charge < -0.3 is 5.11 Å². The molecule has 0 bridgehead atoms. The topological polar surface area (TPSA) is 37.3 Å². The van der Waals surface area contributed by atoms with Crippen LogP contribution in [0, 0.1) is 0 Å². The maximum absolute atomic E-state index is 10.4. The van der Waals surface area contributed by atoms with Gasteiger partial charge in [0, 0.05) is 0 Å². The number of allylic oxidation sites excluding steroid dienone is 1. The standard InChI is InChI=1S/C9H16O2/c1-3-4-5-9(7-10)6-8(2)11/h6-8,11H,3-5H2,1-2H3/b9-6+. The Morgan fingerprint density at radius 2 is 2.27 bits per heavy atom. The van der Waals surface area contributed by atoms with Gasteiger partial charge in [0.1, 0.15) is 6.29 Å². The third-order valence-corrected chi connectivity index (χ3v) is 1.43. The predicted molar refractivity (Wildman–Crippen MR) is 45.4 cm³/mol. The first-order valence-electron chi connectivity index (χ1n) is 4.04. The van der Waals surface area contributed by atoms with Crippen molar-refractivity contribution in [2.24, 2.45) is 0 Å². The van der Waals surface area contributed by atoms with Gasteiger partial charge in [0.15, 0.2) is 0 Å². The highest BCUT2D eigenvalue weighted by Crippen LogP contribution is 2.05. The first-order chi connectivity index (χ1) is 5.20. The van der Waals surface area contributed by atoms with Gasteiger partial charge in [0.05, 0.1) is 6.10 Å². The first kappa shape index (κ1) is 10.4. The van der Waals surface area contributed by atoms with E-state index in [-0.39, 0.29) is 0 Å². The van der Waals surface area contributed by atoms with Crippen molar-refractivity contribution >= 4 is 6.29 Å². The molecule has 0 saturated heterocycles. The normalized spacial score (nSPS) is 14.6. The molecule has 0 fully saturated rings. The summed E-state index contributed by atoms with van der Waals surface area (Å²) in [5.41, 5.74) is 0.710. The van der Waals surface area contributed by atoms with E-state index < -0.39 is 6.10 Å². The van der Waals surface area contributed by atoms with E-state index in [0.29, 0.717) is 5.57 Å². The largest absolute Gasteiger partial charge is 0.389 e. The maximum atomic E-state index is 10.4. The maximum Gasteiger partial charge on any atom is 0.145 e. The quantitative estimate of drug-likeness (QED) is 0.485. The SMILES string of the molecule is CCCC/C(C=O)=C\C(C)O. The van der Waals surface area contributed by atoms with Crippen molar-refractivity contribution in [3.8, 4) is 0 Å². The molecule has 2 heteroatoms. The molecule has 64 valence electrons. The number of hydrogen-bond acceptors (Lipinski definition) is 2. The minimum atomic E-state index is -0.507. The van der Waals surface area contributed by atoms with Crippen LogP contribution in [0.3, 0.4) is 0 Å². The van der Waals surface area contributed by atoms with Crippen LogP contribution in [0.15, 0.2) is 11.6 Å². The summed E-state index contributed by atoms with van der Waals surface area (Å²) in [6, 6.07) is 0. The Balaban J connectivity index is 3.84. The van der Waals surface area contributed by atoms with Crippen LogP contribution in [0.5, 0.6) is 0 Å². The van der Waals surface area contributed by atoms with Gasteiger partial charge in [-0.2, -0.15) is 0 Å². The zero-order valence-electron chi connectivity index (χ0n) is 7.21. The number of aliphatic hydroxyl groups excluding tert-OH is 1. The van der Waals surface area contributed by atoms with E-state index in [4.69, 9.17) is 5.11 Å². The molecular weight excluding hydrogens is 140 g/mol. The van der Waals surface area contributed by atoms with Crippen LogP contribution in [0.1, 0.15) is 33.1 Å². The molecule has 0 aromatic carbocycles. The fourth-order valence-electron chi connectivity index (χ4n) is 0.872. The molecule has 0 heterocycles. The van der Waals surface area contributed by atoms with E-state index in [1.54, 1.807) is 13.0 Å². The van der Waals surface area contributed by atoms with E-state index in [0.717, 1.165) is 25.5 Å². The molecule has 0 aliphatic carbocycles. The molecular formula is C9H16O2. The lowest BCUT2D eigenvalue weighted by Gasteiger charge is -1.99. The summed E-state index contributed by atoms with van der Waals surface area (Å²) in [4.78, 5) is 10.4. The molecule has 1 unspecified atom stereocenters. The fourth-order valence-corrected chi connectivity index (χ4v) is 0.872. The molecule has 1 atom stereocenters. The molecule has 0 aliphatic heterocycles. The Hall–Kier alpha value is -0.630. The summed E-state index contributed by atoms with van der Waals surface area (Å²) >= 11 is 0. The monoisotopic (exact) mass is 156 g/mol. The minimum Gasteiger partial charge on any atom is -0.389 e. The molecule has 2 nitrogen and oxygen atoms in total. The second kappa shape index (κ2) is 6.10. The van der Waals surface area contributed by atoms with Crippen LogP contribution < -0.4 is 0 Å². The lowest BCUT2D eigenvalue weighted by atomic mass is 10.1. The van der Waals surface area contributed by atoms with Crippen LogP contribution in [0.4, 0.5) is 0 Å². The highest BCUT2D eigenvalue weighted by Gasteiger charge is 1.96. The Morgan fingerprint density at radius 3 is 2.64 bits per heavy atom. The predicted octanol–water partition coefficient (Wildman–Crippen LogP) is 1.68. The Morgan fingerprint density at radius 1 is 1.64 bits per heavy atom. The average Bonchev–Trinajstić information content (AvgIpc) is 1.97. The minimum absolute atomic E-state index is 0.507. The number of carbonyl (C=O) groups is 1. The van der Waals surface area contributed by atoms with E-state index in [2.05, 4.69) is 6.92 Å². The number of unbranched alkanes of at least 4 members (excludes halogenated alkanes) is 1. The van der Waals surface area contributed by atoms with Crippen molar-refractivity contribution < 1.29 is 9.90 Å². The summed E-state index contributed by atoms with van der Waals surface area (Å²) in [5.74, 6) is 0. The van der Waals surface area contributed by atoms with Gasteiger partial charge in [0.2, 0.25) is 0 Å². The van der Waals surface area contributed by atoms with E-state index in [1.165, 1.54) is 0 Å². The summed E-state index contributed by atoms with van der Waals surface area (Å²) in [6.45, 7) is 3.72. The third-order valence-electron chi connectivity index (χ3n) is 1.43. The number of hydrogen-bond donors (Lipinski definition) is 1. The highest BCUT2D eigenvalue weighted by molar-refractivity contribution is 5.73. The van der Waals surface area contributed by atoms with Gasteiger partial charge in [-0.3, -0.25) is 4.79 Å². The summed E-state index contributed by atoms with van der Waals surface area (Å²) < 4.78 is 0. The molecule has 0 radical (unpaired) electrons. The third kappa shape index (κ3) is 5.80. The lowest BCUT2D eigenvalue weighted by molar-refractivity contribution is -0.105. The number of carbonyl (C=O) groups excluding carboxylic acids is 1. The fraction of sp³-hybridized carbons (Fsp3) is 0.667. The second-order valence-corrected chi connectivity index (χ2v) is 2.70. The van der Waals surface area contributed by atoms with Crippen molar-refractivity contribution in [3.63, 3.8) is 0 Å². The molecule has 0 rings (SSSR count). The number of aldehydes is 1. The van der Waals surface area contributed by atoms with Crippen molar-refractivity contribution in [3.05, 3.63) is 11.6 Å². The van der Waals surface area contributed by atoms with E-state index in [9.17, 15) is 4.79 Å². The number of aliphatic hydroxyl groups is 1. The van der Waals surface area contributed by atoms with Crippen molar-refractivity contribution in [1.82, 2.24) is 0 Å². The molecule has 0 saturated carbocycles. The zero-order chi connectivity index (χ0) is 8.69. The van der Waals surface area contributed by atoms with Crippen molar-refractivity contribution in [2.75, 3.05) is 0 Å². The number of rotatable bonds is 5. The van der Waals surface area contributed by atoms with Gasteiger partial charge in [-0.1, -0.05) is 19.4 Å². The first-order valence-corrected chi connectivity index (χ1v) is 4.04. The molecule has 0 amide bonds. The molecule has 0 spiro atoms. The van der Waals surface area contributed by atoms with Crippen LogP contribution >= 0.6 is 0 Å². The summed E-state index contributed by atoms with van der Waals surface area (Å²) in [7, 11) is 0. The Kier molecular flexibility index (Phi) is 5.75. The Labute approximate surface area is 67.9 Å². The van der Waals surface area contributed by atoms with E-state index >= 15 is 0 Å². The molecule has 1 N–H and O–H groups in total. The molecule has 0 aromatic rings. The van der Waals surface area contributed by atoms with Crippen LogP contribution in [-0.2, 0) is 4.79 Å². The summed E-state index contributed by atoms with van der Waals surface area (Å²) in [6.07, 6.45) is 4.78. The van der Waals surface area contributed by atoms with Gasteiger partial charge >= 0.3 is 0 Å². The zero-order valence-corrected chi connectivity index (χ0v) is 7.21. The van der Waals surface area contributed by atoms with Crippen LogP contribution in [0.2, 0.25) is 0 Å². The van der Waals surface area contributed by atoms with Crippen LogP contribution in [-0.4, -0.2) is 17.5 Å². The molecule has 0 aromatic heterocycles. The van der Waals surface area contributed by atoms with Crippen molar-refractivity contribution in [1.29, 1.82) is 0 Å². The summed E-state index contributed by atoms with van der Waals surface area (Å²) in [5, 5.41) is 8.92. The van der Waals surface area contributed by atoms with Gasteiger partial charge in [-0.05, 0) is 25.3 Å². The van der Waals surface area contributed by atoms with Crippen LogP contribution in [0.25, 0.3) is 0 Å². The average molecular weight is 156 g/mol. The second-order valence-electron chi connectivity index (χ2n) is 2.70. The van der Waals surface area contributed by atoms with Gasteiger partial charge in [0.25, 0.3) is 0 Å². The smallest absolute Gasteiger partial charge is 0.145 e. The molecule has 0 aliphatic rings. The van der Waals surface area contributed by atoms with Gasteiger partial charge in [-0.25, -0.2) is 0 Å². The van der Waals surface area contributed by atoms with Gasteiger partial charge in [-0.15, -0.1) is 0 Å². The molecule has 11 heavy (non-hydrogen) atoms. The highest BCUT2D eigenvalue weighted by atomic mass is 16.3. The van der Waals surface area contributed by atoms with E-state index in [1.807, 2.05) is 0 Å². The Bertz CT molecular complexity index is 136. The van der Waals surface area contributed by atoms with Crippen molar-refractivity contribution in [2.45, 2.75) is 39.2 Å². The lowest BCUT2D eigenvalue weighted by Crippen LogP contribution is -1.97.